The van der Waals surface area contributed by atoms with Crippen LogP contribution < -0.4 is 0 Å². The molecule has 0 saturated carbocycles. The van der Waals surface area contributed by atoms with Gasteiger partial charge in [0.25, 0.3) is 0 Å². The summed E-state index contributed by atoms with van der Waals surface area (Å²) in [5, 5.41) is 10.8. The van der Waals surface area contributed by atoms with Gasteiger partial charge in [0.2, 0.25) is 0 Å². The van der Waals surface area contributed by atoms with Gasteiger partial charge in [0.15, 0.2) is 0 Å². The fourth-order valence-corrected chi connectivity index (χ4v) is 8.88. The molecule has 0 aliphatic carbocycles. The molecule has 0 fully saturated rings. The van der Waals surface area contributed by atoms with Gasteiger partial charge in [0.05, 0.1) is 0 Å². The van der Waals surface area contributed by atoms with E-state index in [0.717, 1.165) is 23.9 Å². The van der Waals surface area contributed by atoms with Gasteiger partial charge < -0.3 is 0 Å². The third kappa shape index (κ3) is 9.32. The maximum absolute atomic E-state index is 2.49. The number of rotatable bonds is 2. The average Bonchev–Trinajstić information content (AvgIpc) is 3.84. The Morgan fingerprint density at radius 2 is 0.732 bits per heavy atom. The molecule has 0 nitrogen and oxygen atoms in total. The predicted molar refractivity (Wildman–Crippen MR) is 245 cm³/mol. The van der Waals surface area contributed by atoms with Crippen molar-refractivity contribution in [2.45, 2.75) is 105 Å². The summed E-state index contributed by atoms with van der Waals surface area (Å²) in [5.41, 5.74) is 9.10. The quantitative estimate of drug-likeness (QED) is 0.120. The van der Waals surface area contributed by atoms with Gasteiger partial charge in [-0.15, -0.1) is 39.7 Å². The van der Waals surface area contributed by atoms with Crippen LogP contribution in [-0.4, -0.2) is 3.26 Å². The fourth-order valence-electron chi connectivity index (χ4n) is 7.76. The van der Waals surface area contributed by atoms with E-state index in [9.17, 15) is 0 Å². The van der Waals surface area contributed by atoms with Crippen molar-refractivity contribution in [1.82, 2.24) is 0 Å². The summed E-state index contributed by atoms with van der Waals surface area (Å²) in [6.07, 6.45) is 0. The molecule has 0 unspecified atom stereocenters. The molecule has 0 bridgehead atoms. The number of hydrogen-bond donors (Lipinski definition) is 0. The number of hydrogen-bond acceptors (Lipinski definition) is 0. The molecule has 284 valence electrons. The van der Waals surface area contributed by atoms with Gasteiger partial charge in [-0.2, -0.15) is 18.2 Å². The van der Waals surface area contributed by atoms with E-state index in [1.807, 2.05) is 30.3 Å². The Labute approximate surface area is 351 Å². The summed E-state index contributed by atoms with van der Waals surface area (Å²) < 4.78 is 1.46. The summed E-state index contributed by atoms with van der Waals surface area (Å²) in [5.74, 6) is 0. The minimum atomic E-state index is 0.124. The van der Waals surface area contributed by atoms with E-state index in [0.29, 0.717) is 0 Å². The van der Waals surface area contributed by atoms with Crippen LogP contribution in [-0.2, 0) is 45.6 Å². The molecule has 8 aromatic carbocycles. The molecule has 8 aromatic rings. The standard InChI is InChI=1S/C29H41.C21H14.C5H5.Hf/c1-26(2,3)22-14-18-13-19-15-23(27(4,5)6)25(29(10,11)12)17-21(19)20(18)16-24(22)28(7,8)9;1-3-7-20-14-16(9-11-18(20)5-1)13-17-10-12-19-6-2-4-8-21(19)15-17;1-2-4-5-3-1;/h13-17H,1-12H3;1-12,14-15H;1-5H;/q-1;;-1;+2. The third-order valence-electron chi connectivity index (χ3n) is 10.8. The summed E-state index contributed by atoms with van der Waals surface area (Å²) in [4.78, 5) is 0. The van der Waals surface area contributed by atoms with Crippen LogP contribution in [0, 0.1) is 0 Å². The molecule has 0 aromatic heterocycles. The first-order valence-electron chi connectivity index (χ1n) is 20.2. The molecule has 0 heterocycles. The van der Waals surface area contributed by atoms with Crippen LogP contribution in [0.5, 0.6) is 0 Å². The average molecular weight is 900 g/mol. The van der Waals surface area contributed by atoms with Crippen LogP contribution in [0.15, 0.2) is 146 Å². The first-order chi connectivity index (χ1) is 26.2. The summed E-state index contributed by atoms with van der Waals surface area (Å²) >= 11 is 1.03. The fraction of sp³-hybridized carbons (Fsp3) is 0.291. The van der Waals surface area contributed by atoms with Crippen molar-refractivity contribution in [2.75, 3.05) is 0 Å². The summed E-state index contributed by atoms with van der Waals surface area (Å²) in [7, 11) is 0. The van der Waals surface area contributed by atoms with Crippen molar-refractivity contribution in [1.29, 1.82) is 0 Å². The van der Waals surface area contributed by atoms with Gasteiger partial charge in [-0.1, -0.05) is 117 Å². The van der Waals surface area contributed by atoms with E-state index >= 15 is 0 Å². The molecule has 0 aliphatic rings. The zero-order valence-electron chi connectivity index (χ0n) is 35.9. The van der Waals surface area contributed by atoms with Crippen molar-refractivity contribution in [3.63, 3.8) is 0 Å². The number of benzene rings is 6. The topological polar surface area (TPSA) is 0 Å². The van der Waals surface area contributed by atoms with E-state index < -0.39 is 0 Å². The smallest absolute Gasteiger partial charge is 0.172 e. The first kappa shape index (κ1) is 41.4. The Bertz CT molecular complexity index is 2430. The Kier molecular flexibility index (Phi) is 11.8. The van der Waals surface area contributed by atoms with E-state index in [2.05, 4.69) is 198 Å². The minimum absolute atomic E-state index is 0.124. The van der Waals surface area contributed by atoms with Gasteiger partial charge in [-0.3, -0.25) is 0 Å². The van der Waals surface area contributed by atoms with Crippen LogP contribution in [0.2, 0.25) is 0 Å². The van der Waals surface area contributed by atoms with Gasteiger partial charge >= 0.3 is 145 Å². The molecular formula is C55H60Hf. The van der Waals surface area contributed by atoms with Gasteiger partial charge in [-0.25, -0.2) is 12.1 Å². The first-order valence-corrected chi connectivity index (χ1v) is 22.0. The van der Waals surface area contributed by atoms with Crippen molar-refractivity contribution < 1.29 is 23.9 Å². The van der Waals surface area contributed by atoms with E-state index in [1.165, 1.54) is 79.7 Å². The molecular weight excluding hydrogens is 839 g/mol. The second kappa shape index (κ2) is 16.0. The van der Waals surface area contributed by atoms with Crippen molar-refractivity contribution in [3.05, 3.63) is 179 Å². The van der Waals surface area contributed by atoms with E-state index in [4.69, 9.17) is 0 Å². The molecule has 8 rings (SSSR count). The molecule has 0 aliphatic heterocycles. The zero-order valence-corrected chi connectivity index (χ0v) is 39.4. The van der Waals surface area contributed by atoms with E-state index in [1.54, 1.807) is 0 Å². The third-order valence-corrected chi connectivity index (χ3v) is 12.9. The maximum Gasteiger partial charge on any atom is -0.172 e. The van der Waals surface area contributed by atoms with Gasteiger partial charge in [0, 0.05) is 0 Å². The Balaban J connectivity index is 0.000000173. The normalized spacial score (nSPS) is 12.4. The molecule has 0 amide bonds. The molecule has 56 heavy (non-hydrogen) atoms. The number of fused-ring (bicyclic) bond motifs is 5. The molecule has 0 radical (unpaired) electrons. The molecule has 0 atom stereocenters. The van der Waals surface area contributed by atoms with Gasteiger partial charge in [0.1, 0.15) is 0 Å². The van der Waals surface area contributed by atoms with Crippen molar-refractivity contribution in [3.8, 4) is 0 Å². The van der Waals surface area contributed by atoms with Gasteiger partial charge in [-0.05, 0) is 21.7 Å². The van der Waals surface area contributed by atoms with Crippen LogP contribution in [0.4, 0.5) is 0 Å². The van der Waals surface area contributed by atoms with Crippen molar-refractivity contribution >= 4 is 46.3 Å². The van der Waals surface area contributed by atoms with Crippen molar-refractivity contribution in [2.24, 2.45) is 0 Å². The van der Waals surface area contributed by atoms with Crippen LogP contribution in [0.1, 0.15) is 116 Å². The summed E-state index contributed by atoms with van der Waals surface area (Å²) in [6, 6.07) is 53.0. The SMILES string of the molecule is CC(C)(C)c1cc2[cH-]c3cc(C(C)(C)C)c(C(C)(C)C)cc3c2cc1C(C)(C)C.[Hf+2]=[C](c1ccc2ccccc2c1)c1ccc2ccccc2c1.c1cc[cH-]c1. The van der Waals surface area contributed by atoms with E-state index in [-0.39, 0.29) is 21.7 Å². The predicted octanol–water partition coefficient (Wildman–Crippen LogP) is 15.4. The Morgan fingerprint density at radius 1 is 0.393 bits per heavy atom. The largest absolute Gasteiger partial charge is 0.214 e. The van der Waals surface area contributed by atoms with Crippen LogP contribution >= 0.6 is 0 Å². The molecule has 1 heteroatoms. The molecule has 0 saturated heterocycles. The minimum Gasteiger partial charge on any atom is -0.214 e. The second-order valence-corrected chi connectivity index (χ2v) is 21.4. The van der Waals surface area contributed by atoms with Crippen LogP contribution in [0.3, 0.4) is 0 Å². The Hall–Kier alpha value is -4.20. The second-order valence-electron chi connectivity index (χ2n) is 19.6. The monoisotopic (exact) mass is 900 g/mol. The molecule has 0 spiro atoms. The zero-order chi connectivity index (χ0) is 40.6. The van der Waals surface area contributed by atoms with Crippen LogP contribution in [0.25, 0.3) is 43.1 Å². The molecule has 0 N–H and O–H groups in total. The maximum atomic E-state index is 2.49. The summed E-state index contributed by atoms with van der Waals surface area (Å²) in [6.45, 7) is 28.0. The Morgan fingerprint density at radius 3 is 1.05 bits per heavy atom.